The van der Waals surface area contributed by atoms with Gasteiger partial charge in [-0.2, -0.15) is 0 Å². The summed E-state index contributed by atoms with van der Waals surface area (Å²) in [5.41, 5.74) is 1.67. The summed E-state index contributed by atoms with van der Waals surface area (Å²) in [5, 5.41) is 0.977. The van der Waals surface area contributed by atoms with Gasteiger partial charge in [0, 0.05) is 11.6 Å². The Balaban J connectivity index is 2.57. The summed E-state index contributed by atoms with van der Waals surface area (Å²) in [6.45, 7) is 6.04. The third-order valence-corrected chi connectivity index (χ3v) is 2.26. The third kappa shape index (κ3) is 1.61. The van der Waals surface area contributed by atoms with Crippen LogP contribution in [-0.2, 0) is 4.74 Å². The standard InChI is InChI=1S/C12H12NO2/c1-3-15-12(14)13-8-9(2)10-6-4-5-7-11(10)13/h4-8H,2-3H2,1H3. The summed E-state index contributed by atoms with van der Waals surface area (Å²) in [7, 11) is 0. The Hall–Kier alpha value is -1.77. The van der Waals surface area contributed by atoms with E-state index >= 15 is 0 Å². The van der Waals surface area contributed by atoms with Crippen LogP contribution >= 0.6 is 0 Å². The zero-order valence-corrected chi connectivity index (χ0v) is 8.56. The molecule has 3 nitrogen and oxygen atoms in total. The molecular formula is C12H12NO2. The van der Waals surface area contributed by atoms with E-state index in [1.807, 2.05) is 24.3 Å². The fraction of sp³-hybridized carbons (Fsp3) is 0.167. The molecule has 1 aromatic heterocycles. The summed E-state index contributed by atoms with van der Waals surface area (Å²) >= 11 is 0. The van der Waals surface area contributed by atoms with E-state index in [9.17, 15) is 4.79 Å². The van der Waals surface area contributed by atoms with Crippen LogP contribution in [0.4, 0.5) is 4.79 Å². The van der Waals surface area contributed by atoms with Crippen molar-refractivity contribution in [3.63, 3.8) is 0 Å². The summed E-state index contributed by atoms with van der Waals surface area (Å²) in [6.07, 6.45) is 1.34. The highest BCUT2D eigenvalue weighted by atomic mass is 16.5. The molecule has 2 aromatic rings. The van der Waals surface area contributed by atoms with Crippen LogP contribution in [0.2, 0.25) is 0 Å². The van der Waals surface area contributed by atoms with Gasteiger partial charge in [0.25, 0.3) is 0 Å². The number of benzene rings is 1. The molecule has 0 saturated carbocycles. The van der Waals surface area contributed by atoms with Crippen molar-refractivity contribution in [2.45, 2.75) is 6.92 Å². The highest BCUT2D eigenvalue weighted by Crippen LogP contribution is 2.20. The molecule has 0 amide bonds. The van der Waals surface area contributed by atoms with E-state index in [1.54, 1.807) is 13.1 Å². The lowest BCUT2D eigenvalue weighted by Crippen LogP contribution is -2.11. The number of fused-ring (bicyclic) bond motifs is 1. The summed E-state index contributed by atoms with van der Waals surface area (Å²) < 4.78 is 6.43. The lowest BCUT2D eigenvalue weighted by molar-refractivity contribution is 0.155. The van der Waals surface area contributed by atoms with E-state index in [2.05, 4.69) is 6.92 Å². The molecule has 77 valence electrons. The van der Waals surface area contributed by atoms with Crippen molar-refractivity contribution in [2.75, 3.05) is 6.61 Å². The molecule has 0 spiro atoms. The Kier molecular flexibility index (Phi) is 2.46. The highest BCUT2D eigenvalue weighted by molar-refractivity contribution is 5.92. The van der Waals surface area contributed by atoms with E-state index in [4.69, 9.17) is 4.74 Å². The zero-order chi connectivity index (χ0) is 10.8. The van der Waals surface area contributed by atoms with Crippen LogP contribution in [0, 0.1) is 6.92 Å². The molecule has 0 bridgehead atoms. The number of nitrogens with zero attached hydrogens (tertiary/aromatic N) is 1. The summed E-state index contributed by atoms with van der Waals surface area (Å²) in [6, 6.07) is 7.62. The molecule has 0 N–H and O–H groups in total. The van der Waals surface area contributed by atoms with E-state index < -0.39 is 0 Å². The molecule has 15 heavy (non-hydrogen) atoms. The van der Waals surface area contributed by atoms with Crippen molar-refractivity contribution in [1.82, 2.24) is 4.57 Å². The molecule has 0 aliphatic carbocycles. The van der Waals surface area contributed by atoms with E-state index in [0.29, 0.717) is 6.61 Å². The van der Waals surface area contributed by atoms with Gasteiger partial charge >= 0.3 is 6.09 Å². The molecule has 0 saturated heterocycles. The third-order valence-electron chi connectivity index (χ3n) is 2.26. The second-order valence-electron chi connectivity index (χ2n) is 3.24. The summed E-state index contributed by atoms with van der Waals surface area (Å²) in [4.78, 5) is 11.6. The minimum absolute atomic E-state index is 0.358. The van der Waals surface area contributed by atoms with E-state index in [1.165, 1.54) is 4.57 Å². The number of hydrogen-bond acceptors (Lipinski definition) is 2. The number of hydrogen-bond donors (Lipinski definition) is 0. The topological polar surface area (TPSA) is 31.2 Å². The quantitative estimate of drug-likeness (QED) is 0.712. The van der Waals surface area contributed by atoms with Gasteiger partial charge in [-0.3, -0.25) is 4.57 Å². The largest absolute Gasteiger partial charge is 0.449 e. The molecule has 2 rings (SSSR count). The first-order chi connectivity index (χ1) is 7.24. The molecule has 0 unspecified atom stereocenters. The number of rotatable bonds is 1. The van der Waals surface area contributed by atoms with Crippen LogP contribution in [0.1, 0.15) is 12.5 Å². The maximum absolute atomic E-state index is 11.6. The first-order valence-corrected chi connectivity index (χ1v) is 4.83. The van der Waals surface area contributed by atoms with Crippen LogP contribution in [0.5, 0.6) is 0 Å². The molecule has 1 aromatic carbocycles. The molecule has 0 fully saturated rings. The number of carbonyl (C=O) groups excluding carboxylic acids is 1. The average molecular weight is 202 g/mol. The SMILES string of the molecule is [CH2]c1cn(C(=O)OCC)c2ccccc12. The number of aromatic nitrogens is 1. The van der Waals surface area contributed by atoms with Gasteiger partial charge in [-0.05, 0) is 25.5 Å². The number of para-hydroxylation sites is 1. The predicted molar refractivity (Wildman–Crippen MR) is 58.8 cm³/mol. The van der Waals surface area contributed by atoms with Crippen LogP contribution < -0.4 is 0 Å². The van der Waals surface area contributed by atoms with E-state index in [0.717, 1.165) is 16.5 Å². The Morgan fingerprint density at radius 2 is 2.20 bits per heavy atom. The molecule has 0 aliphatic rings. The first-order valence-electron chi connectivity index (χ1n) is 4.83. The lowest BCUT2D eigenvalue weighted by Gasteiger charge is -2.03. The molecule has 1 heterocycles. The van der Waals surface area contributed by atoms with Gasteiger partial charge < -0.3 is 4.74 Å². The smallest absolute Gasteiger partial charge is 0.418 e. The Morgan fingerprint density at radius 3 is 2.93 bits per heavy atom. The number of ether oxygens (including phenoxy) is 1. The van der Waals surface area contributed by atoms with Crippen molar-refractivity contribution in [3.8, 4) is 0 Å². The first kappa shape index (κ1) is 9.77. The normalized spacial score (nSPS) is 10.5. The Labute approximate surface area is 88.3 Å². The lowest BCUT2D eigenvalue weighted by atomic mass is 10.2. The van der Waals surface area contributed by atoms with E-state index in [-0.39, 0.29) is 6.09 Å². The minimum Gasteiger partial charge on any atom is -0.449 e. The van der Waals surface area contributed by atoms with Crippen LogP contribution in [0.3, 0.4) is 0 Å². The van der Waals surface area contributed by atoms with Crippen LogP contribution in [-0.4, -0.2) is 17.3 Å². The van der Waals surface area contributed by atoms with Gasteiger partial charge in [0.1, 0.15) is 0 Å². The van der Waals surface area contributed by atoms with Crippen molar-refractivity contribution in [3.05, 3.63) is 42.9 Å². The van der Waals surface area contributed by atoms with Gasteiger partial charge in [-0.1, -0.05) is 18.2 Å². The van der Waals surface area contributed by atoms with Crippen molar-refractivity contribution < 1.29 is 9.53 Å². The Morgan fingerprint density at radius 1 is 1.47 bits per heavy atom. The van der Waals surface area contributed by atoms with Crippen molar-refractivity contribution in [2.24, 2.45) is 0 Å². The predicted octanol–water partition coefficient (Wildman–Crippen LogP) is 2.83. The number of carbonyl (C=O) groups is 1. The fourth-order valence-electron chi connectivity index (χ4n) is 1.59. The molecular weight excluding hydrogens is 190 g/mol. The zero-order valence-electron chi connectivity index (χ0n) is 8.56. The van der Waals surface area contributed by atoms with Gasteiger partial charge in [-0.15, -0.1) is 0 Å². The average Bonchev–Trinajstić information content (AvgIpc) is 2.58. The summed E-state index contributed by atoms with van der Waals surface area (Å²) in [5.74, 6) is 0. The van der Waals surface area contributed by atoms with Gasteiger partial charge in [-0.25, -0.2) is 4.79 Å². The van der Waals surface area contributed by atoms with Crippen LogP contribution in [0.25, 0.3) is 10.9 Å². The highest BCUT2D eigenvalue weighted by Gasteiger charge is 2.11. The van der Waals surface area contributed by atoms with Crippen molar-refractivity contribution in [1.29, 1.82) is 0 Å². The molecule has 0 atom stereocenters. The fourth-order valence-corrected chi connectivity index (χ4v) is 1.59. The Bertz CT molecular complexity index is 499. The van der Waals surface area contributed by atoms with Gasteiger partial charge in [0.05, 0.1) is 12.1 Å². The maximum atomic E-state index is 11.6. The van der Waals surface area contributed by atoms with Crippen molar-refractivity contribution >= 4 is 17.0 Å². The van der Waals surface area contributed by atoms with Gasteiger partial charge in [0.2, 0.25) is 0 Å². The monoisotopic (exact) mass is 202 g/mol. The maximum Gasteiger partial charge on any atom is 0.418 e. The second kappa shape index (κ2) is 3.77. The molecule has 3 heteroatoms. The van der Waals surface area contributed by atoms with Gasteiger partial charge in [0.15, 0.2) is 0 Å². The van der Waals surface area contributed by atoms with Crippen LogP contribution in [0.15, 0.2) is 30.5 Å². The second-order valence-corrected chi connectivity index (χ2v) is 3.24. The molecule has 1 radical (unpaired) electrons. The minimum atomic E-state index is -0.358. The molecule has 0 aliphatic heterocycles.